The smallest absolute Gasteiger partial charge is 0.237 e. The number of hydrogen-bond donors (Lipinski definition) is 0. The monoisotopic (exact) mass is 583 g/mol. The number of benzene rings is 1. The molecule has 2 aliphatic carbocycles. The lowest BCUT2D eigenvalue weighted by Crippen LogP contribution is -2.06. The van der Waals surface area contributed by atoms with Crippen LogP contribution in [0.5, 0.6) is 0 Å². The van der Waals surface area contributed by atoms with E-state index in [1.807, 2.05) is 6.07 Å². The third-order valence-corrected chi connectivity index (χ3v) is 6.19. The third-order valence-electron chi connectivity index (χ3n) is 6.19. The molecule has 44 heavy (non-hydrogen) atoms. The summed E-state index contributed by atoms with van der Waals surface area (Å²) in [5, 5.41) is 40.2. The lowest BCUT2D eigenvalue weighted by molar-refractivity contribution is 0.451. The first-order valence-electron chi connectivity index (χ1n) is 11.3. The van der Waals surface area contributed by atoms with Gasteiger partial charge in [0.15, 0.2) is 11.6 Å². The second kappa shape index (κ2) is 10.4. The maximum Gasteiger partial charge on any atom is 0.314 e. The first kappa shape index (κ1) is 27.9. The van der Waals surface area contributed by atoms with E-state index in [0.29, 0.717) is 0 Å². The summed E-state index contributed by atoms with van der Waals surface area (Å²) in [5.41, 5.74) is -6.28. The quantitative estimate of drug-likeness (QED) is 0.242. The van der Waals surface area contributed by atoms with Gasteiger partial charge in [-0.3, -0.25) is 0 Å². The number of allylic oxidation sites excluding steroid dienone is 7. The van der Waals surface area contributed by atoms with Gasteiger partial charge in [0.25, 0.3) is 11.4 Å². The second-order valence-corrected chi connectivity index (χ2v) is 8.19. The van der Waals surface area contributed by atoms with Gasteiger partial charge < -0.3 is 0 Å². The van der Waals surface area contributed by atoms with Crippen molar-refractivity contribution in [2.24, 2.45) is 0 Å². The van der Waals surface area contributed by atoms with Crippen molar-refractivity contribution in [1.82, 2.24) is 29.9 Å². The highest BCUT2D eigenvalue weighted by atomic mass is 19.2. The van der Waals surface area contributed by atoms with Gasteiger partial charge in [0.2, 0.25) is 5.70 Å². The Morgan fingerprint density at radius 3 is 1.50 bits per heavy atom. The molecule has 0 amide bonds. The first-order valence-corrected chi connectivity index (χ1v) is 11.3. The molecule has 0 aliphatic heterocycles. The zero-order valence-corrected chi connectivity index (χ0v) is 20.9. The van der Waals surface area contributed by atoms with E-state index in [1.165, 1.54) is 0 Å². The minimum Gasteiger partial charge on any atom is -0.237 e. The molecule has 5 rings (SSSR count). The Bertz CT molecular complexity index is 2120. The van der Waals surface area contributed by atoms with Gasteiger partial charge in [-0.1, -0.05) is 6.07 Å². The van der Waals surface area contributed by atoms with Crippen molar-refractivity contribution < 1.29 is 17.6 Å². The summed E-state index contributed by atoms with van der Waals surface area (Å²) in [5.74, 6) is -1.62. The third kappa shape index (κ3) is 3.95. The summed E-state index contributed by atoms with van der Waals surface area (Å²) in [7, 11) is 0. The highest BCUT2D eigenvalue weighted by molar-refractivity contribution is 6.29. The number of nitriles is 4. The average Bonchev–Trinajstić information content (AvgIpc) is 3.49. The van der Waals surface area contributed by atoms with Crippen molar-refractivity contribution in [3.8, 4) is 24.3 Å². The largest absolute Gasteiger partial charge is 0.314 e. The van der Waals surface area contributed by atoms with Crippen molar-refractivity contribution in [1.29, 1.82) is 21.0 Å². The molecule has 0 spiro atoms. The van der Waals surface area contributed by atoms with Crippen LogP contribution >= 0.6 is 0 Å². The molecule has 0 atom stereocenters. The molecule has 17 heteroatoms. The molecule has 0 saturated carbocycles. The second-order valence-electron chi connectivity index (χ2n) is 8.19. The molecule has 202 valence electrons. The minimum absolute atomic E-state index is 0.235. The minimum atomic E-state index is -1.61. The molecule has 13 nitrogen and oxygen atoms in total. The van der Waals surface area contributed by atoms with Crippen molar-refractivity contribution in [2.45, 2.75) is 0 Å². The van der Waals surface area contributed by atoms with Crippen LogP contribution in [0.4, 0.5) is 17.6 Å². The Morgan fingerprint density at radius 1 is 0.636 bits per heavy atom. The lowest BCUT2D eigenvalue weighted by Gasteiger charge is -2.15. The predicted octanol–water partition coefficient (Wildman–Crippen LogP) is 4.04. The van der Waals surface area contributed by atoms with E-state index in [-0.39, 0.29) is 22.3 Å². The Balaban J connectivity index is 2.05. The van der Waals surface area contributed by atoms with E-state index >= 15 is 0 Å². The van der Waals surface area contributed by atoms with Crippen LogP contribution < -0.4 is 0 Å². The Hall–Kier alpha value is -7.65. The van der Waals surface area contributed by atoms with E-state index in [2.05, 4.69) is 44.4 Å². The van der Waals surface area contributed by atoms with Gasteiger partial charge in [0, 0.05) is 27.9 Å². The normalized spacial score (nSPS) is 15.0. The van der Waals surface area contributed by atoms with Crippen LogP contribution in [0.25, 0.3) is 48.1 Å². The zero-order chi connectivity index (χ0) is 31.9. The van der Waals surface area contributed by atoms with Crippen LogP contribution in [0.15, 0.2) is 17.5 Å². The summed E-state index contributed by atoms with van der Waals surface area (Å²) in [6.45, 7) is 22.9. The number of fused-ring (bicyclic) bond motifs is 2. The van der Waals surface area contributed by atoms with E-state index in [9.17, 15) is 38.6 Å². The summed E-state index contributed by atoms with van der Waals surface area (Å²) >= 11 is 0. The van der Waals surface area contributed by atoms with Gasteiger partial charge in [-0.2, -0.15) is 58.0 Å². The zero-order valence-electron chi connectivity index (χ0n) is 20.9. The number of halogens is 4. The molecule has 0 unspecified atom stereocenters. The van der Waals surface area contributed by atoms with E-state index in [1.54, 1.807) is 18.2 Å². The fraction of sp³-hybridized carbons (Fsp3) is 0. The SMILES string of the molecule is [C-]#[N+]C1=C(c2nc(F)nc(F)n2)/C(=C(/C#N)[N+]#[C-])c2c1cc1c(c2C#N)/C(=C(/C#N)[N+]#[C-])C(c2nc(F)nc(F)n2)=C1C#N. The van der Waals surface area contributed by atoms with Crippen LogP contribution in [0.1, 0.15) is 39.5 Å². The van der Waals surface area contributed by atoms with Crippen molar-refractivity contribution in [3.05, 3.63) is 115 Å². The van der Waals surface area contributed by atoms with Crippen molar-refractivity contribution >= 4 is 33.6 Å². The molecule has 3 aromatic rings. The molecule has 1 aromatic carbocycles. The molecule has 0 fully saturated rings. The van der Waals surface area contributed by atoms with Crippen molar-refractivity contribution in [2.75, 3.05) is 0 Å². The fourth-order valence-electron chi connectivity index (χ4n) is 4.76. The van der Waals surface area contributed by atoms with Gasteiger partial charge in [-0.05, 0) is 16.7 Å². The molecule has 0 radical (unpaired) electrons. The molecule has 2 aliphatic rings. The molecule has 0 bridgehead atoms. The number of aromatic nitrogens is 6. The van der Waals surface area contributed by atoms with Gasteiger partial charge >= 0.3 is 24.3 Å². The van der Waals surface area contributed by atoms with E-state index in [4.69, 9.17) is 19.7 Å². The van der Waals surface area contributed by atoms with Gasteiger partial charge in [0.1, 0.15) is 12.1 Å². The van der Waals surface area contributed by atoms with E-state index < -0.39 is 86.5 Å². The van der Waals surface area contributed by atoms with Crippen LogP contribution in [-0.4, -0.2) is 29.9 Å². The maximum atomic E-state index is 14.1. The Morgan fingerprint density at radius 2 is 1.09 bits per heavy atom. The van der Waals surface area contributed by atoms with Crippen molar-refractivity contribution in [3.63, 3.8) is 0 Å². The molecular weight excluding hydrogens is 582 g/mol. The summed E-state index contributed by atoms with van der Waals surface area (Å²) in [4.78, 5) is 28.8. The maximum absolute atomic E-state index is 14.1. The number of hydrogen-bond acceptors (Lipinski definition) is 10. The predicted molar refractivity (Wildman–Crippen MR) is 135 cm³/mol. The first-order chi connectivity index (χ1) is 21.2. The average molecular weight is 583 g/mol. The van der Waals surface area contributed by atoms with Gasteiger partial charge in [-0.15, -0.1) is 0 Å². The Labute approximate surface area is 242 Å². The van der Waals surface area contributed by atoms with Crippen LogP contribution in [0.3, 0.4) is 0 Å². The van der Waals surface area contributed by atoms with Crippen LogP contribution in [0.2, 0.25) is 0 Å². The number of nitrogens with zero attached hydrogens (tertiary/aromatic N) is 13. The highest BCUT2D eigenvalue weighted by Crippen LogP contribution is 2.56. The fourth-order valence-corrected chi connectivity index (χ4v) is 4.76. The van der Waals surface area contributed by atoms with Gasteiger partial charge in [-0.25, -0.2) is 25.1 Å². The molecule has 2 heterocycles. The van der Waals surface area contributed by atoms with Crippen LogP contribution in [-0.2, 0) is 0 Å². The number of rotatable bonds is 2. The lowest BCUT2D eigenvalue weighted by atomic mass is 9.87. The molecule has 0 N–H and O–H groups in total. The topological polar surface area (TPSA) is 186 Å². The summed E-state index contributed by atoms with van der Waals surface area (Å²) in [6, 6.07) is 7.86. The Kier molecular flexibility index (Phi) is 6.59. The summed E-state index contributed by atoms with van der Waals surface area (Å²) in [6.07, 6.45) is -6.45. The standard InChI is InChI=1S/C27HF4N13/c1-36-13(7-34)18-15-9(11(5-32)17(18)22-39-24(28)43-25(29)40-22)4-10-16(12(15)6-33)19(14(8-35)37-2)20(21(10)38-3)23-41-26(30)44-27(31)42-23/h4H/b18-13+,19-14-. The summed E-state index contributed by atoms with van der Waals surface area (Å²) < 4.78 is 56.3. The molecule has 0 saturated heterocycles. The molecule has 2 aromatic heterocycles. The molecular formula is C27HF4N13. The highest BCUT2D eigenvalue weighted by Gasteiger charge is 2.42. The van der Waals surface area contributed by atoms with Crippen LogP contribution in [0, 0.1) is 89.4 Å². The van der Waals surface area contributed by atoms with E-state index in [0.717, 1.165) is 6.07 Å². The van der Waals surface area contributed by atoms with Gasteiger partial charge in [0.05, 0.1) is 43.0 Å².